The summed E-state index contributed by atoms with van der Waals surface area (Å²) in [6, 6.07) is 6.44. The first-order valence-electron chi connectivity index (χ1n) is 5.37. The van der Waals surface area contributed by atoms with E-state index in [1.807, 2.05) is 0 Å². The van der Waals surface area contributed by atoms with Crippen LogP contribution in [-0.4, -0.2) is 16.1 Å². The molecule has 0 saturated heterocycles. The molecule has 0 atom stereocenters. The Morgan fingerprint density at radius 1 is 1.37 bits per heavy atom. The summed E-state index contributed by atoms with van der Waals surface area (Å²) in [7, 11) is 0. The molecular weight excluding hydrogens is 287 g/mol. The predicted octanol–water partition coefficient (Wildman–Crippen LogP) is 2.30. The number of nitrogens with two attached hydrogens (primary N) is 1. The molecule has 0 saturated carbocycles. The van der Waals surface area contributed by atoms with Crippen molar-refractivity contribution in [2.24, 2.45) is 0 Å². The zero-order valence-corrected chi connectivity index (χ0v) is 11.2. The Labute approximate surface area is 119 Å². The number of carbonyl (C=O) groups excluding carboxylic acids is 1. The topological polar surface area (TPSA) is 80.9 Å². The third-order valence-electron chi connectivity index (χ3n) is 2.38. The molecule has 7 heteroatoms. The Morgan fingerprint density at radius 3 is 2.79 bits per heavy atom. The van der Waals surface area contributed by atoms with Gasteiger partial charge in [0.05, 0.1) is 28.0 Å². The summed E-state index contributed by atoms with van der Waals surface area (Å²) in [5.74, 6) is -0.309. The van der Waals surface area contributed by atoms with Crippen molar-refractivity contribution >= 4 is 34.8 Å². The zero-order valence-electron chi connectivity index (χ0n) is 9.73. The van der Waals surface area contributed by atoms with Crippen LogP contribution < -0.4 is 11.1 Å². The molecule has 0 aliphatic heterocycles. The summed E-state index contributed by atoms with van der Waals surface area (Å²) < 4.78 is 0. The Morgan fingerprint density at radius 2 is 2.16 bits per heavy atom. The summed E-state index contributed by atoms with van der Waals surface area (Å²) in [5, 5.41) is 10.7. The van der Waals surface area contributed by atoms with Gasteiger partial charge in [-0.25, -0.2) is 0 Å². The standard InChI is InChI=1S/C12H10Cl2N4O/c13-9-4-7(5-10(15)11(9)14)12(19)16-6-8-2-1-3-17-18-8/h1-5H,6,15H2,(H,16,19). The van der Waals surface area contributed by atoms with Crippen LogP contribution in [0.3, 0.4) is 0 Å². The highest BCUT2D eigenvalue weighted by molar-refractivity contribution is 6.43. The van der Waals surface area contributed by atoms with E-state index in [2.05, 4.69) is 15.5 Å². The number of benzene rings is 1. The maximum atomic E-state index is 11.9. The highest BCUT2D eigenvalue weighted by Crippen LogP contribution is 2.29. The van der Waals surface area contributed by atoms with Crippen molar-refractivity contribution < 1.29 is 4.79 Å². The Bertz CT molecular complexity index is 581. The predicted molar refractivity (Wildman–Crippen MR) is 74.1 cm³/mol. The highest BCUT2D eigenvalue weighted by Gasteiger charge is 2.11. The molecule has 0 bridgehead atoms. The maximum absolute atomic E-state index is 11.9. The average Bonchev–Trinajstić information content (AvgIpc) is 2.42. The van der Waals surface area contributed by atoms with Crippen LogP contribution >= 0.6 is 23.2 Å². The number of hydrogen-bond acceptors (Lipinski definition) is 4. The molecule has 0 spiro atoms. The normalized spacial score (nSPS) is 10.2. The fourth-order valence-electron chi connectivity index (χ4n) is 1.44. The molecule has 0 aliphatic carbocycles. The molecule has 0 unspecified atom stereocenters. The number of aromatic nitrogens is 2. The number of amides is 1. The van der Waals surface area contributed by atoms with Crippen LogP contribution in [-0.2, 0) is 6.54 Å². The van der Waals surface area contributed by atoms with Crippen molar-refractivity contribution in [1.82, 2.24) is 15.5 Å². The molecule has 98 valence electrons. The third kappa shape index (κ3) is 3.33. The Hall–Kier alpha value is -1.85. The van der Waals surface area contributed by atoms with Crippen LogP contribution in [0.15, 0.2) is 30.5 Å². The van der Waals surface area contributed by atoms with E-state index in [0.29, 0.717) is 11.3 Å². The lowest BCUT2D eigenvalue weighted by Gasteiger charge is -2.07. The van der Waals surface area contributed by atoms with E-state index in [1.165, 1.54) is 12.1 Å². The number of halogens is 2. The second-order valence-corrected chi connectivity index (χ2v) is 4.54. The second kappa shape index (κ2) is 5.86. The van der Waals surface area contributed by atoms with Gasteiger partial charge in [0.1, 0.15) is 0 Å². The largest absolute Gasteiger partial charge is 0.397 e. The van der Waals surface area contributed by atoms with Gasteiger partial charge in [0.25, 0.3) is 5.91 Å². The first-order chi connectivity index (χ1) is 9.08. The van der Waals surface area contributed by atoms with Gasteiger partial charge in [-0.2, -0.15) is 10.2 Å². The van der Waals surface area contributed by atoms with Gasteiger partial charge in [0.15, 0.2) is 0 Å². The number of anilines is 1. The minimum atomic E-state index is -0.309. The third-order valence-corrected chi connectivity index (χ3v) is 3.19. The fraction of sp³-hybridized carbons (Fsp3) is 0.0833. The first kappa shape index (κ1) is 13.6. The van der Waals surface area contributed by atoms with Gasteiger partial charge in [-0.3, -0.25) is 4.79 Å². The van der Waals surface area contributed by atoms with Crippen LogP contribution in [0.4, 0.5) is 5.69 Å². The SMILES string of the molecule is Nc1cc(C(=O)NCc2cccnn2)cc(Cl)c1Cl. The molecule has 0 aliphatic rings. The van der Waals surface area contributed by atoms with Crippen molar-refractivity contribution in [2.45, 2.75) is 6.54 Å². The molecule has 1 aromatic heterocycles. The van der Waals surface area contributed by atoms with Gasteiger partial charge in [-0.15, -0.1) is 0 Å². The smallest absolute Gasteiger partial charge is 0.251 e. The van der Waals surface area contributed by atoms with Crippen molar-refractivity contribution in [2.75, 3.05) is 5.73 Å². The lowest BCUT2D eigenvalue weighted by atomic mass is 10.2. The monoisotopic (exact) mass is 296 g/mol. The summed E-state index contributed by atoms with van der Waals surface area (Å²) >= 11 is 11.7. The van der Waals surface area contributed by atoms with Gasteiger partial charge < -0.3 is 11.1 Å². The number of nitrogen functional groups attached to an aromatic ring is 1. The molecule has 1 aromatic carbocycles. The van der Waals surface area contributed by atoms with E-state index < -0.39 is 0 Å². The summed E-state index contributed by atoms with van der Waals surface area (Å²) in [4.78, 5) is 11.9. The minimum absolute atomic E-state index is 0.242. The molecular formula is C12H10Cl2N4O. The second-order valence-electron chi connectivity index (χ2n) is 3.76. The molecule has 1 heterocycles. The van der Waals surface area contributed by atoms with Crippen LogP contribution in [0.2, 0.25) is 10.0 Å². The summed E-state index contributed by atoms with van der Waals surface area (Å²) in [6.07, 6.45) is 1.56. The van der Waals surface area contributed by atoms with Crippen LogP contribution in [0.1, 0.15) is 16.1 Å². The Kier molecular flexibility index (Phi) is 4.19. The van der Waals surface area contributed by atoms with Crippen molar-refractivity contribution in [1.29, 1.82) is 0 Å². The van der Waals surface area contributed by atoms with E-state index in [1.54, 1.807) is 18.3 Å². The number of nitrogens with one attached hydrogen (secondary N) is 1. The number of hydrogen-bond donors (Lipinski definition) is 2. The van der Waals surface area contributed by atoms with Crippen LogP contribution in [0.25, 0.3) is 0 Å². The number of nitrogens with zero attached hydrogens (tertiary/aromatic N) is 2. The van der Waals surface area contributed by atoms with E-state index in [0.717, 1.165) is 0 Å². The van der Waals surface area contributed by atoms with E-state index in [4.69, 9.17) is 28.9 Å². The van der Waals surface area contributed by atoms with Crippen LogP contribution in [0.5, 0.6) is 0 Å². The summed E-state index contributed by atoms with van der Waals surface area (Å²) in [5.41, 5.74) is 6.91. The maximum Gasteiger partial charge on any atom is 0.251 e. The quantitative estimate of drug-likeness (QED) is 0.852. The van der Waals surface area contributed by atoms with Gasteiger partial charge in [-0.05, 0) is 24.3 Å². The van der Waals surface area contributed by atoms with E-state index in [-0.39, 0.29) is 28.2 Å². The van der Waals surface area contributed by atoms with Crippen LogP contribution in [0, 0.1) is 0 Å². The molecule has 0 radical (unpaired) electrons. The number of rotatable bonds is 3. The van der Waals surface area contributed by atoms with Gasteiger partial charge in [0, 0.05) is 11.8 Å². The van der Waals surface area contributed by atoms with Crippen molar-refractivity contribution in [3.63, 3.8) is 0 Å². The zero-order chi connectivity index (χ0) is 13.8. The van der Waals surface area contributed by atoms with Crippen molar-refractivity contribution in [3.05, 3.63) is 51.8 Å². The summed E-state index contributed by atoms with van der Waals surface area (Å²) in [6.45, 7) is 0.271. The molecule has 2 aromatic rings. The lowest BCUT2D eigenvalue weighted by Crippen LogP contribution is -2.23. The van der Waals surface area contributed by atoms with Gasteiger partial charge >= 0.3 is 0 Å². The van der Waals surface area contributed by atoms with Gasteiger partial charge in [-0.1, -0.05) is 23.2 Å². The lowest BCUT2D eigenvalue weighted by molar-refractivity contribution is 0.0950. The first-order valence-corrected chi connectivity index (χ1v) is 6.13. The van der Waals surface area contributed by atoms with E-state index in [9.17, 15) is 4.79 Å². The minimum Gasteiger partial charge on any atom is -0.397 e. The fourth-order valence-corrected chi connectivity index (χ4v) is 1.78. The number of carbonyl (C=O) groups is 1. The highest BCUT2D eigenvalue weighted by atomic mass is 35.5. The van der Waals surface area contributed by atoms with Gasteiger partial charge in [0.2, 0.25) is 0 Å². The average molecular weight is 297 g/mol. The Balaban J connectivity index is 2.08. The molecule has 1 amide bonds. The molecule has 5 nitrogen and oxygen atoms in total. The molecule has 2 rings (SSSR count). The molecule has 3 N–H and O–H groups in total. The van der Waals surface area contributed by atoms with Crippen molar-refractivity contribution in [3.8, 4) is 0 Å². The van der Waals surface area contributed by atoms with E-state index >= 15 is 0 Å². The molecule has 19 heavy (non-hydrogen) atoms. The molecule has 0 fully saturated rings.